The quantitative estimate of drug-likeness (QED) is 0.764. The van der Waals surface area contributed by atoms with Crippen LogP contribution < -0.4 is 4.90 Å². The van der Waals surface area contributed by atoms with E-state index in [0.29, 0.717) is 30.8 Å². The van der Waals surface area contributed by atoms with Crippen molar-refractivity contribution in [1.29, 1.82) is 5.26 Å². The highest BCUT2D eigenvalue weighted by atomic mass is 16.1. The Bertz CT molecular complexity index is 575. The number of aldehydes is 1. The molecule has 94 valence electrons. The number of nitriles is 1. The largest absolute Gasteiger partial charge is 0.310 e. The first-order valence-corrected chi connectivity index (χ1v) is 5.82. The molecule has 0 aliphatic carbocycles. The van der Waals surface area contributed by atoms with E-state index in [2.05, 4.69) is 16.0 Å². The van der Waals surface area contributed by atoms with Gasteiger partial charge in [0.2, 0.25) is 5.95 Å². The molecule has 0 saturated heterocycles. The van der Waals surface area contributed by atoms with Gasteiger partial charge in [-0.3, -0.25) is 4.79 Å². The van der Waals surface area contributed by atoms with Crippen molar-refractivity contribution in [3.63, 3.8) is 0 Å². The Morgan fingerprint density at radius 2 is 1.89 bits per heavy atom. The molecule has 5 heteroatoms. The lowest BCUT2D eigenvalue weighted by molar-refractivity contribution is 0.112. The van der Waals surface area contributed by atoms with Gasteiger partial charge in [-0.15, -0.1) is 0 Å². The van der Waals surface area contributed by atoms with Crippen molar-refractivity contribution in [2.24, 2.45) is 0 Å². The highest BCUT2D eigenvalue weighted by Gasteiger charge is 2.11. The minimum Gasteiger partial charge on any atom is -0.310 e. The van der Waals surface area contributed by atoms with Crippen LogP contribution in [0.3, 0.4) is 0 Å². The number of carbonyl (C=O) groups excluding carboxylic acids is 1. The Morgan fingerprint density at radius 1 is 1.21 bits per heavy atom. The van der Waals surface area contributed by atoms with Crippen LogP contribution in [0.5, 0.6) is 0 Å². The van der Waals surface area contributed by atoms with Crippen LogP contribution in [0.4, 0.5) is 11.6 Å². The molecule has 2 aromatic rings. The predicted octanol–water partition coefficient (Wildman–Crippen LogP) is 2.34. The highest BCUT2D eigenvalue weighted by molar-refractivity contribution is 5.73. The van der Waals surface area contributed by atoms with Crippen LogP contribution >= 0.6 is 0 Å². The molecule has 0 aliphatic heterocycles. The Kier molecular flexibility index (Phi) is 4.19. The fourth-order valence-electron chi connectivity index (χ4n) is 1.65. The number of rotatable bonds is 5. The summed E-state index contributed by atoms with van der Waals surface area (Å²) < 4.78 is 0. The SMILES string of the molecule is N#CCCN(c1ccccc1)c1ncc(C=O)cn1. The average Bonchev–Trinajstić information content (AvgIpc) is 2.49. The van der Waals surface area contributed by atoms with Crippen molar-refractivity contribution in [1.82, 2.24) is 9.97 Å². The van der Waals surface area contributed by atoms with Crippen molar-refractivity contribution >= 4 is 17.9 Å². The predicted molar refractivity (Wildman–Crippen MR) is 71.1 cm³/mol. The highest BCUT2D eigenvalue weighted by Crippen LogP contribution is 2.21. The Labute approximate surface area is 111 Å². The summed E-state index contributed by atoms with van der Waals surface area (Å²) in [5, 5.41) is 8.73. The Morgan fingerprint density at radius 3 is 2.47 bits per heavy atom. The molecule has 0 amide bonds. The molecule has 0 bridgehead atoms. The van der Waals surface area contributed by atoms with Gasteiger partial charge in [0.25, 0.3) is 0 Å². The maximum absolute atomic E-state index is 10.6. The molecule has 1 aromatic carbocycles. The van der Waals surface area contributed by atoms with Crippen LogP contribution in [0.15, 0.2) is 42.7 Å². The molecule has 0 fully saturated rings. The summed E-state index contributed by atoms with van der Waals surface area (Å²) in [6, 6.07) is 11.7. The maximum Gasteiger partial charge on any atom is 0.229 e. The summed E-state index contributed by atoms with van der Waals surface area (Å²) >= 11 is 0. The van der Waals surface area contributed by atoms with Crippen molar-refractivity contribution in [3.05, 3.63) is 48.3 Å². The molecule has 0 atom stereocenters. The summed E-state index contributed by atoms with van der Waals surface area (Å²) in [4.78, 5) is 20.7. The van der Waals surface area contributed by atoms with Crippen LogP contribution in [0.25, 0.3) is 0 Å². The third-order valence-electron chi connectivity index (χ3n) is 2.55. The molecule has 0 radical (unpaired) electrons. The molecule has 0 unspecified atom stereocenters. The Balaban J connectivity index is 2.31. The zero-order valence-electron chi connectivity index (χ0n) is 10.2. The van der Waals surface area contributed by atoms with E-state index in [9.17, 15) is 4.79 Å². The second kappa shape index (κ2) is 6.26. The minimum absolute atomic E-state index is 0.369. The first-order valence-electron chi connectivity index (χ1n) is 5.82. The standard InChI is InChI=1S/C14H12N4O/c15-7-4-8-18(13-5-2-1-3-6-13)14-16-9-12(11-19)10-17-14/h1-3,5-6,9-11H,4,8H2. The van der Waals surface area contributed by atoms with Gasteiger partial charge in [0, 0.05) is 24.6 Å². The van der Waals surface area contributed by atoms with Crippen molar-refractivity contribution < 1.29 is 4.79 Å². The lowest BCUT2D eigenvalue weighted by Gasteiger charge is -2.21. The lowest BCUT2D eigenvalue weighted by atomic mass is 10.3. The lowest BCUT2D eigenvalue weighted by Crippen LogP contribution is -2.20. The van der Waals surface area contributed by atoms with Gasteiger partial charge < -0.3 is 4.90 Å². The van der Waals surface area contributed by atoms with E-state index in [4.69, 9.17) is 5.26 Å². The number of aromatic nitrogens is 2. The van der Waals surface area contributed by atoms with E-state index >= 15 is 0 Å². The first-order chi connectivity index (χ1) is 9.35. The Hall–Kier alpha value is -2.74. The van der Waals surface area contributed by atoms with Gasteiger partial charge in [0.05, 0.1) is 18.1 Å². The number of anilines is 2. The van der Waals surface area contributed by atoms with Crippen molar-refractivity contribution in [2.75, 3.05) is 11.4 Å². The maximum atomic E-state index is 10.6. The van der Waals surface area contributed by atoms with Crippen LogP contribution in [0.1, 0.15) is 16.8 Å². The molecule has 0 N–H and O–H groups in total. The van der Waals surface area contributed by atoms with E-state index in [-0.39, 0.29) is 0 Å². The zero-order chi connectivity index (χ0) is 13.5. The molecule has 0 spiro atoms. The second-order valence-corrected chi connectivity index (χ2v) is 3.83. The fourth-order valence-corrected chi connectivity index (χ4v) is 1.65. The van der Waals surface area contributed by atoms with E-state index in [1.165, 1.54) is 12.4 Å². The topological polar surface area (TPSA) is 69.9 Å². The molecule has 2 rings (SSSR count). The van der Waals surface area contributed by atoms with Gasteiger partial charge in [-0.05, 0) is 12.1 Å². The number of carbonyl (C=O) groups is 1. The minimum atomic E-state index is 0.369. The fraction of sp³-hybridized carbons (Fsp3) is 0.143. The summed E-state index contributed by atoms with van der Waals surface area (Å²) in [7, 11) is 0. The third-order valence-corrected chi connectivity index (χ3v) is 2.55. The molecule has 0 aliphatic rings. The number of para-hydroxylation sites is 1. The normalized spacial score (nSPS) is 9.63. The second-order valence-electron chi connectivity index (χ2n) is 3.83. The van der Waals surface area contributed by atoms with E-state index in [1.807, 2.05) is 35.2 Å². The number of hydrogen-bond donors (Lipinski definition) is 0. The summed E-state index contributed by atoms with van der Waals surface area (Å²) in [6.45, 7) is 0.501. The molecule has 1 aromatic heterocycles. The smallest absolute Gasteiger partial charge is 0.229 e. The zero-order valence-corrected chi connectivity index (χ0v) is 10.2. The number of hydrogen-bond acceptors (Lipinski definition) is 5. The molecule has 5 nitrogen and oxygen atoms in total. The number of nitrogens with zero attached hydrogens (tertiary/aromatic N) is 4. The van der Waals surface area contributed by atoms with Crippen LogP contribution in [-0.4, -0.2) is 22.8 Å². The molecular formula is C14H12N4O. The van der Waals surface area contributed by atoms with Gasteiger partial charge in [-0.2, -0.15) is 5.26 Å². The molecule has 1 heterocycles. The van der Waals surface area contributed by atoms with Crippen molar-refractivity contribution in [3.8, 4) is 6.07 Å². The number of benzene rings is 1. The molecule has 0 saturated carbocycles. The van der Waals surface area contributed by atoms with E-state index in [0.717, 1.165) is 5.69 Å². The summed E-state index contributed by atoms with van der Waals surface area (Å²) in [5.41, 5.74) is 1.34. The van der Waals surface area contributed by atoms with Gasteiger partial charge in [0.1, 0.15) is 0 Å². The first kappa shape index (κ1) is 12.7. The van der Waals surface area contributed by atoms with E-state index in [1.54, 1.807) is 0 Å². The van der Waals surface area contributed by atoms with Gasteiger partial charge >= 0.3 is 0 Å². The van der Waals surface area contributed by atoms with Crippen molar-refractivity contribution in [2.45, 2.75) is 6.42 Å². The van der Waals surface area contributed by atoms with Gasteiger partial charge in [-0.1, -0.05) is 18.2 Å². The average molecular weight is 252 g/mol. The summed E-state index contributed by atoms with van der Waals surface area (Å²) in [6.07, 6.45) is 4.01. The van der Waals surface area contributed by atoms with Crippen LogP contribution in [-0.2, 0) is 0 Å². The van der Waals surface area contributed by atoms with Gasteiger partial charge in [-0.25, -0.2) is 9.97 Å². The summed E-state index contributed by atoms with van der Waals surface area (Å²) in [5.74, 6) is 0.479. The van der Waals surface area contributed by atoms with Crippen LogP contribution in [0.2, 0.25) is 0 Å². The molecule has 19 heavy (non-hydrogen) atoms. The van der Waals surface area contributed by atoms with E-state index < -0.39 is 0 Å². The third kappa shape index (κ3) is 3.13. The van der Waals surface area contributed by atoms with Gasteiger partial charge in [0.15, 0.2) is 6.29 Å². The van der Waals surface area contributed by atoms with Crippen LogP contribution in [0, 0.1) is 11.3 Å². The monoisotopic (exact) mass is 252 g/mol. The molecular weight excluding hydrogens is 240 g/mol.